The summed E-state index contributed by atoms with van der Waals surface area (Å²) in [7, 11) is 0. The summed E-state index contributed by atoms with van der Waals surface area (Å²) in [4.78, 5) is 16.1. The van der Waals surface area contributed by atoms with E-state index in [0.717, 1.165) is 37.5 Å². The van der Waals surface area contributed by atoms with Crippen LogP contribution < -0.4 is 10.7 Å². The Morgan fingerprint density at radius 3 is 2.88 bits per heavy atom. The first-order valence-electron chi connectivity index (χ1n) is 5.29. The monoisotopic (exact) mass is 220 g/mol. The topological polar surface area (TPSA) is 58.5 Å². The maximum atomic E-state index is 11.2. The standard InChI is InChI=1S/C11H12N2O3/c14-11-12-10-8(2-1-3-9(10)16-11)13-4-6-15-7-5-13/h1-3H,4-7H2,(H,12,14). The number of H-pyrrole nitrogens is 1. The van der Waals surface area contributed by atoms with E-state index in [4.69, 9.17) is 9.15 Å². The van der Waals surface area contributed by atoms with Crippen molar-refractivity contribution in [1.82, 2.24) is 4.98 Å². The molecule has 0 spiro atoms. The molecular formula is C11H12N2O3. The molecule has 0 aliphatic carbocycles. The number of oxazole rings is 1. The van der Waals surface area contributed by atoms with Crippen LogP contribution in [0.4, 0.5) is 5.69 Å². The van der Waals surface area contributed by atoms with Crippen LogP contribution in [0.1, 0.15) is 0 Å². The van der Waals surface area contributed by atoms with Gasteiger partial charge in [-0.05, 0) is 12.1 Å². The molecule has 1 aromatic heterocycles. The zero-order valence-corrected chi connectivity index (χ0v) is 8.73. The van der Waals surface area contributed by atoms with Crippen molar-refractivity contribution in [3.63, 3.8) is 0 Å². The predicted molar refractivity (Wildman–Crippen MR) is 59.9 cm³/mol. The van der Waals surface area contributed by atoms with Crippen LogP contribution in [0.25, 0.3) is 11.1 Å². The number of fused-ring (bicyclic) bond motifs is 1. The molecule has 2 heterocycles. The van der Waals surface area contributed by atoms with Crippen LogP contribution in [0.3, 0.4) is 0 Å². The first-order valence-corrected chi connectivity index (χ1v) is 5.29. The van der Waals surface area contributed by atoms with Crippen molar-refractivity contribution in [3.05, 3.63) is 28.7 Å². The van der Waals surface area contributed by atoms with Gasteiger partial charge in [0.2, 0.25) is 0 Å². The molecular weight excluding hydrogens is 208 g/mol. The van der Waals surface area contributed by atoms with Gasteiger partial charge in [0, 0.05) is 13.1 Å². The Bertz CT molecular complexity index is 552. The summed E-state index contributed by atoms with van der Waals surface area (Å²) >= 11 is 0. The van der Waals surface area contributed by atoms with E-state index in [2.05, 4.69) is 9.88 Å². The number of hydrogen-bond acceptors (Lipinski definition) is 4. The van der Waals surface area contributed by atoms with Crippen LogP contribution in [0, 0.1) is 0 Å². The highest BCUT2D eigenvalue weighted by molar-refractivity contribution is 5.87. The molecule has 0 atom stereocenters. The highest BCUT2D eigenvalue weighted by Gasteiger charge is 2.15. The number of nitrogens with one attached hydrogen (secondary N) is 1. The first kappa shape index (κ1) is 9.47. The molecule has 0 saturated carbocycles. The Morgan fingerprint density at radius 2 is 2.06 bits per heavy atom. The molecule has 2 aromatic rings. The number of ether oxygens (including phenoxy) is 1. The summed E-state index contributed by atoms with van der Waals surface area (Å²) in [6.07, 6.45) is 0. The Hall–Kier alpha value is -1.75. The van der Waals surface area contributed by atoms with Crippen LogP contribution in [-0.4, -0.2) is 31.3 Å². The number of para-hydroxylation sites is 1. The van der Waals surface area contributed by atoms with Gasteiger partial charge in [0.15, 0.2) is 5.58 Å². The van der Waals surface area contributed by atoms with Crippen molar-refractivity contribution in [2.45, 2.75) is 0 Å². The summed E-state index contributed by atoms with van der Waals surface area (Å²) in [5, 5.41) is 0. The van der Waals surface area contributed by atoms with Crippen molar-refractivity contribution in [2.75, 3.05) is 31.2 Å². The van der Waals surface area contributed by atoms with Crippen molar-refractivity contribution in [2.24, 2.45) is 0 Å². The van der Waals surface area contributed by atoms with Gasteiger partial charge in [0.1, 0.15) is 5.52 Å². The summed E-state index contributed by atoms with van der Waals surface area (Å²) < 4.78 is 10.3. The van der Waals surface area contributed by atoms with E-state index < -0.39 is 5.76 Å². The minimum Gasteiger partial charge on any atom is -0.408 e. The van der Waals surface area contributed by atoms with E-state index in [9.17, 15) is 4.79 Å². The Morgan fingerprint density at radius 1 is 1.25 bits per heavy atom. The average molecular weight is 220 g/mol. The lowest BCUT2D eigenvalue weighted by atomic mass is 10.2. The summed E-state index contributed by atoms with van der Waals surface area (Å²) in [5.41, 5.74) is 2.38. The number of anilines is 1. The molecule has 5 heteroatoms. The zero-order chi connectivity index (χ0) is 11.0. The maximum Gasteiger partial charge on any atom is 0.417 e. The smallest absolute Gasteiger partial charge is 0.408 e. The number of benzene rings is 1. The van der Waals surface area contributed by atoms with E-state index in [-0.39, 0.29) is 0 Å². The maximum absolute atomic E-state index is 11.2. The van der Waals surface area contributed by atoms with Crippen molar-refractivity contribution >= 4 is 16.8 Å². The highest BCUT2D eigenvalue weighted by Crippen LogP contribution is 2.24. The molecule has 84 valence electrons. The lowest BCUT2D eigenvalue weighted by Gasteiger charge is -2.28. The molecule has 1 N–H and O–H groups in total. The third-order valence-corrected chi connectivity index (χ3v) is 2.79. The quantitative estimate of drug-likeness (QED) is 0.777. The molecule has 5 nitrogen and oxygen atoms in total. The lowest BCUT2D eigenvalue weighted by Crippen LogP contribution is -2.36. The van der Waals surface area contributed by atoms with Gasteiger partial charge in [-0.25, -0.2) is 4.79 Å². The van der Waals surface area contributed by atoms with Gasteiger partial charge in [0.25, 0.3) is 0 Å². The molecule has 0 radical (unpaired) electrons. The summed E-state index contributed by atoms with van der Waals surface area (Å²) in [6, 6.07) is 5.67. The third-order valence-electron chi connectivity index (χ3n) is 2.79. The number of morpholine rings is 1. The van der Waals surface area contributed by atoms with Crippen LogP contribution in [0.2, 0.25) is 0 Å². The van der Waals surface area contributed by atoms with Crippen molar-refractivity contribution < 1.29 is 9.15 Å². The van der Waals surface area contributed by atoms with E-state index in [0.29, 0.717) is 5.58 Å². The van der Waals surface area contributed by atoms with Gasteiger partial charge < -0.3 is 14.1 Å². The molecule has 0 amide bonds. The highest BCUT2D eigenvalue weighted by atomic mass is 16.5. The Balaban J connectivity index is 2.11. The van der Waals surface area contributed by atoms with Gasteiger partial charge in [-0.1, -0.05) is 6.07 Å². The number of aromatic nitrogens is 1. The molecule has 16 heavy (non-hydrogen) atoms. The molecule has 0 bridgehead atoms. The first-order chi connectivity index (χ1) is 7.84. The normalized spacial score (nSPS) is 16.9. The van der Waals surface area contributed by atoms with Crippen LogP contribution in [0.5, 0.6) is 0 Å². The number of nitrogens with zero attached hydrogens (tertiary/aromatic N) is 1. The molecule has 1 aliphatic rings. The van der Waals surface area contributed by atoms with Gasteiger partial charge >= 0.3 is 5.76 Å². The number of hydrogen-bond donors (Lipinski definition) is 1. The fourth-order valence-electron chi connectivity index (χ4n) is 2.03. The van der Waals surface area contributed by atoms with Crippen LogP contribution in [0.15, 0.2) is 27.4 Å². The lowest BCUT2D eigenvalue weighted by molar-refractivity contribution is 0.123. The molecule has 1 aromatic carbocycles. The summed E-state index contributed by atoms with van der Waals surface area (Å²) in [6.45, 7) is 3.12. The minimum absolute atomic E-state index is 0.407. The van der Waals surface area contributed by atoms with Crippen LogP contribution >= 0.6 is 0 Å². The Kier molecular flexibility index (Phi) is 2.18. The van der Waals surface area contributed by atoms with Crippen molar-refractivity contribution in [3.8, 4) is 0 Å². The van der Waals surface area contributed by atoms with Gasteiger partial charge in [-0.2, -0.15) is 0 Å². The second kappa shape index (κ2) is 3.68. The van der Waals surface area contributed by atoms with Gasteiger partial charge in [-0.3, -0.25) is 4.98 Å². The Labute approximate surface area is 91.6 Å². The molecule has 3 rings (SSSR count). The van der Waals surface area contributed by atoms with Gasteiger partial charge in [-0.15, -0.1) is 0 Å². The SMILES string of the molecule is O=c1[nH]c2c(N3CCOCC3)cccc2o1. The number of rotatable bonds is 1. The third kappa shape index (κ3) is 1.49. The molecule has 1 saturated heterocycles. The molecule has 1 aliphatic heterocycles. The fraction of sp³-hybridized carbons (Fsp3) is 0.364. The largest absolute Gasteiger partial charge is 0.417 e. The van der Waals surface area contributed by atoms with Crippen molar-refractivity contribution in [1.29, 1.82) is 0 Å². The second-order valence-corrected chi connectivity index (χ2v) is 3.76. The molecule has 0 unspecified atom stereocenters. The fourth-order valence-corrected chi connectivity index (χ4v) is 2.03. The second-order valence-electron chi connectivity index (χ2n) is 3.76. The number of aromatic amines is 1. The van der Waals surface area contributed by atoms with E-state index in [1.807, 2.05) is 12.1 Å². The zero-order valence-electron chi connectivity index (χ0n) is 8.73. The average Bonchev–Trinajstić information content (AvgIpc) is 2.70. The predicted octanol–water partition coefficient (Wildman–Crippen LogP) is 0.958. The summed E-state index contributed by atoms with van der Waals surface area (Å²) in [5.74, 6) is -0.407. The van der Waals surface area contributed by atoms with Crippen LogP contribution in [-0.2, 0) is 4.74 Å². The van der Waals surface area contributed by atoms with E-state index >= 15 is 0 Å². The minimum atomic E-state index is -0.407. The van der Waals surface area contributed by atoms with E-state index in [1.165, 1.54) is 0 Å². The molecule has 1 fully saturated rings. The van der Waals surface area contributed by atoms with E-state index in [1.54, 1.807) is 6.07 Å². The van der Waals surface area contributed by atoms with Gasteiger partial charge in [0.05, 0.1) is 18.9 Å².